The van der Waals surface area contributed by atoms with Gasteiger partial charge in [-0.1, -0.05) is 35.4 Å². The number of hydrogen-bond acceptors (Lipinski definition) is 9. The highest BCUT2D eigenvalue weighted by Crippen LogP contribution is 2.47. The van der Waals surface area contributed by atoms with Gasteiger partial charge >= 0.3 is 17.6 Å². The van der Waals surface area contributed by atoms with E-state index in [9.17, 15) is 0 Å². The first kappa shape index (κ1) is 30.2. The van der Waals surface area contributed by atoms with Crippen LogP contribution < -0.4 is 0 Å². The van der Waals surface area contributed by atoms with Gasteiger partial charge in [0.1, 0.15) is 0 Å². The van der Waals surface area contributed by atoms with Crippen molar-refractivity contribution >= 4 is 49.0 Å². The second kappa shape index (κ2) is 17.8. The van der Waals surface area contributed by atoms with Crippen LogP contribution >= 0.6 is 31.4 Å². The highest BCUT2D eigenvalue weighted by atomic mass is 33.5. The van der Waals surface area contributed by atoms with Crippen molar-refractivity contribution in [1.29, 1.82) is 0 Å². The minimum atomic E-state index is -2.75. The van der Waals surface area contributed by atoms with Gasteiger partial charge in [0.05, 0.1) is 9.75 Å². The maximum absolute atomic E-state index is 6.12. The van der Waals surface area contributed by atoms with Crippen molar-refractivity contribution in [3.63, 3.8) is 0 Å². The maximum atomic E-state index is 6.12. The van der Waals surface area contributed by atoms with Crippen LogP contribution in [0.4, 0.5) is 0 Å². The molecule has 11 heteroatoms. The zero-order valence-electron chi connectivity index (χ0n) is 19.5. The van der Waals surface area contributed by atoms with Crippen LogP contribution in [0.15, 0.2) is 0 Å². The fourth-order valence-electron chi connectivity index (χ4n) is 2.89. The molecule has 29 heavy (non-hydrogen) atoms. The average Bonchev–Trinajstić information content (AvgIpc) is 2.69. The molecule has 0 radical (unpaired) electrons. The SMILES string of the molecule is CCO[Si](OCC)(OCC)C(CC)SSSC(CC)[Si](OCC)(OCC)OCC. The molecule has 0 spiro atoms. The predicted molar refractivity (Wildman–Crippen MR) is 132 cm³/mol. The summed E-state index contributed by atoms with van der Waals surface area (Å²) in [4.78, 5) is 0.333. The average molecular weight is 507 g/mol. The molecule has 0 amide bonds. The summed E-state index contributed by atoms with van der Waals surface area (Å²) in [5.41, 5.74) is 0. The lowest BCUT2D eigenvalue weighted by Crippen LogP contribution is -2.55. The van der Waals surface area contributed by atoms with E-state index in [1.807, 2.05) is 41.5 Å². The van der Waals surface area contributed by atoms with Crippen LogP contribution in [0, 0.1) is 0 Å². The van der Waals surface area contributed by atoms with Crippen molar-refractivity contribution < 1.29 is 26.6 Å². The molecule has 0 saturated carbocycles. The molecule has 0 rings (SSSR count). The van der Waals surface area contributed by atoms with E-state index in [0.29, 0.717) is 39.6 Å². The van der Waals surface area contributed by atoms with Gasteiger partial charge in [-0.25, -0.2) is 0 Å². The van der Waals surface area contributed by atoms with Gasteiger partial charge in [0, 0.05) is 39.6 Å². The molecule has 2 unspecified atom stereocenters. The van der Waals surface area contributed by atoms with Gasteiger partial charge in [-0.15, -0.1) is 0 Å². The van der Waals surface area contributed by atoms with Crippen molar-refractivity contribution in [2.75, 3.05) is 39.6 Å². The molecule has 0 aromatic heterocycles. The molecular formula is C18H42O6S3Si2. The zero-order chi connectivity index (χ0) is 22.2. The summed E-state index contributed by atoms with van der Waals surface area (Å²) in [7, 11) is -0.186. The van der Waals surface area contributed by atoms with Gasteiger partial charge in [-0.05, 0) is 64.2 Å². The van der Waals surface area contributed by atoms with Gasteiger partial charge < -0.3 is 26.6 Å². The Hall–Kier alpha value is 1.24. The Morgan fingerprint density at radius 3 is 0.897 bits per heavy atom. The first-order valence-corrected chi connectivity index (χ1v) is 18.0. The molecule has 0 aliphatic carbocycles. The summed E-state index contributed by atoms with van der Waals surface area (Å²) < 4.78 is 36.7. The third-order valence-corrected chi connectivity index (χ3v) is 18.5. The van der Waals surface area contributed by atoms with Crippen LogP contribution in [0.3, 0.4) is 0 Å². The molecule has 6 nitrogen and oxygen atoms in total. The molecule has 0 aromatic rings. The molecule has 0 aromatic carbocycles. The fourth-order valence-corrected chi connectivity index (χ4v) is 18.5. The van der Waals surface area contributed by atoms with Crippen molar-refractivity contribution in [3.8, 4) is 0 Å². The lowest BCUT2D eigenvalue weighted by molar-refractivity contribution is 0.0686. The zero-order valence-corrected chi connectivity index (χ0v) is 23.9. The van der Waals surface area contributed by atoms with Crippen molar-refractivity contribution in [2.24, 2.45) is 0 Å². The molecular weight excluding hydrogens is 465 g/mol. The standard InChI is InChI=1S/C18H42O6S3Si2/c1-9-17(28(19-11-3,20-12-4)21-13-5)25-27-26-18(10-2)29(22-14-6,23-15-7)24-16-8/h17-18H,9-16H2,1-8H3. The monoisotopic (exact) mass is 506 g/mol. The fraction of sp³-hybridized carbons (Fsp3) is 1.00. The molecule has 0 N–H and O–H groups in total. The largest absolute Gasteiger partial charge is 0.515 e. The first-order valence-electron chi connectivity index (χ1n) is 10.8. The van der Waals surface area contributed by atoms with Crippen molar-refractivity contribution in [2.45, 2.75) is 78.0 Å². The van der Waals surface area contributed by atoms with E-state index in [4.69, 9.17) is 26.6 Å². The van der Waals surface area contributed by atoms with Crippen LogP contribution in [-0.2, 0) is 26.6 Å². The van der Waals surface area contributed by atoms with E-state index in [-0.39, 0.29) is 9.75 Å². The third kappa shape index (κ3) is 9.72. The van der Waals surface area contributed by atoms with Gasteiger partial charge in [-0.3, -0.25) is 0 Å². The Kier molecular flexibility index (Phi) is 18.5. The summed E-state index contributed by atoms with van der Waals surface area (Å²) in [6, 6.07) is 0. The third-order valence-electron chi connectivity index (χ3n) is 3.91. The lowest BCUT2D eigenvalue weighted by Gasteiger charge is -2.35. The summed E-state index contributed by atoms with van der Waals surface area (Å²) in [6.45, 7) is 19.9. The molecule has 0 saturated heterocycles. The van der Waals surface area contributed by atoms with E-state index in [0.717, 1.165) is 12.8 Å². The highest BCUT2D eigenvalue weighted by molar-refractivity contribution is 9.09. The van der Waals surface area contributed by atoms with Crippen LogP contribution in [0.25, 0.3) is 0 Å². The minimum absolute atomic E-state index is 0.166. The van der Waals surface area contributed by atoms with Crippen molar-refractivity contribution in [1.82, 2.24) is 0 Å². The molecule has 0 aliphatic rings. The van der Waals surface area contributed by atoms with E-state index < -0.39 is 17.6 Å². The number of rotatable bonds is 20. The molecule has 176 valence electrons. The summed E-state index contributed by atoms with van der Waals surface area (Å²) >= 11 is 0. The summed E-state index contributed by atoms with van der Waals surface area (Å²) in [6.07, 6.45) is 1.85. The topological polar surface area (TPSA) is 55.4 Å². The van der Waals surface area contributed by atoms with Gasteiger partial charge in [0.15, 0.2) is 0 Å². The molecule has 0 heterocycles. The Morgan fingerprint density at radius 1 is 0.483 bits per heavy atom. The molecule has 0 aliphatic heterocycles. The van der Waals surface area contributed by atoms with Gasteiger partial charge in [0.25, 0.3) is 0 Å². The molecule has 0 fully saturated rings. The number of hydrogen-bond donors (Lipinski definition) is 0. The minimum Gasteiger partial charge on any atom is -0.373 e. The highest BCUT2D eigenvalue weighted by Gasteiger charge is 2.51. The normalized spacial score (nSPS) is 14.9. The second-order valence-electron chi connectivity index (χ2n) is 5.86. The lowest BCUT2D eigenvalue weighted by atomic mass is 10.6. The molecule has 2 atom stereocenters. The van der Waals surface area contributed by atoms with Crippen molar-refractivity contribution in [3.05, 3.63) is 0 Å². The maximum Gasteiger partial charge on any atom is 0.515 e. The van der Waals surface area contributed by atoms with Crippen LogP contribution in [0.2, 0.25) is 0 Å². The van der Waals surface area contributed by atoms with E-state index in [2.05, 4.69) is 13.8 Å². The van der Waals surface area contributed by atoms with E-state index >= 15 is 0 Å². The second-order valence-corrected chi connectivity index (χ2v) is 16.7. The first-order chi connectivity index (χ1) is 14.0. The summed E-state index contributed by atoms with van der Waals surface area (Å²) in [5, 5.41) is 0. The van der Waals surface area contributed by atoms with Gasteiger partial charge in [0.2, 0.25) is 0 Å². The Bertz CT molecular complexity index is 331. The predicted octanol–water partition coefficient (Wildman–Crippen LogP) is 5.75. The van der Waals surface area contributed by atoms with E-state index in [1.54, 1.807) is 31.4 Å². The van der Waals surface area contributed by atoms with Crippen LogP contribution in [0.5, 0.6) is 0 Å². The Balaban J connectivity index is 5.29. The van der Waals surface area contributed by atoms with Crippen LogP contribution in [-0.4, -0.2) is 67.0 Å². The Morgan fingerprint density at radius 2 is 0.724 bits per heavy atom. The van der Waals surface area contributed by atoms with Gasteiger partial charge in [-0.2, -0.15) is 0 Å². The Labute approximate surface area is 192 Å². The van der Waals surface area contributed by atoms with Crippen LogP contribution in [0.1, 0.15) is 68.2 Å². The smallest absolute Gasteiger partial charge is 0.373 e. The van der Waals surface area contributed by atoms with E-state index in [1.165, 1.54) is 0 Å². The quantitative estimate of drug-likeness (QED) is 0.152. The molecule has 0 bridgehead atoms. The summed E-state index contributed by atoms with van der Waals surface area (Å²) in [5.74, 6) is 0.